The van der Waals surface area contributed by atoms with Gasteiger partial charge < -0.3 is 5.32 Å². The van der Waals surface area contributed by atoms with Gasteiger partial charge in [0.2, 0.25) is 0 Å². The molecule has 0 bridgehead atoms. The van der Waals surface area contributed by atoms with E-state index >= 15 is 0 Å². The number of aryl methyl sites for hydroxylation is 1. The van der Waals surface area contributed by atoms with E-state index in [0.29, 0.717) is 6.04 Å². The van der Waals surface area contributed by atoms with Gasteiger partial charge in [-0.25, -0.2) is 0 Å². The fraction of sp³-hybridized carbons (Fsp3) is 0.429. The molecule has 0 aliphatic carbocycles. The first kappa shape index (κ1) is 12.0. The van der Waals surface area contributed by atoms with Gasteiger partial charge in [-0.1, -0.05) is 43.7 Å². The SMILES string of the molecule is C=CCC(NC)c1cccc(CCC)c1. The summed E-state index contributed by atoms with van der Waals surface area (Å²) in [6, 6.07) is 9.23. The minimum atomic E-state index is 0.402. The van der Waals surface area contributed by atoms with Crippen molar-refractivity contribution in [2.24, 2.45) is 0 Å². The van der Waals surface area contributed by atoms with Crippen molar-refractivity contribution in [3.8, 4) is 0 Å². The van der Waals surface area contributed by atoms with Crippen molar-refractivity contribution in [2.75, 3.05) is 7.05 Å². The summed E-state index contributed by atoms with van der Waals surface area (Å²) < 4.78 is 0. The predicted molar refractivity (Wildman–Crippen MR) is 67.1 cm³/mol. The number of nitrogens with one attached hydrogen (secondary N) is 1. The fourth-order valence-corrected chi connectivity index (χ4v) is 1.84. The highest BCUT2D eigenvalue weighted by Gasteiger charge is 2.06. The molecule has 1 aromatic rings. The summed E-state index contributed by atoms with van der Waals surface area (Å²) in [4.78, 5) is 0. The summed E-state index contributed by atoms with van der Waals surface area (Å²) in [5.74, 6) is 0. The molecule has 0 spiro atoms. The Kier molecular flexibility index (Phi) is 5.13. The van der Waals surface area contributed by atoms with Crippen LogP contribution in [-0.4, -0.2) is 7.05 Å². The molecule has 1 heteroatoms. The van der Waals surface area contributed by atoms with Gasteiger partial charge in [-0.3, -0.25) is 0 Å². The third kappa shape index (κ3) is 3.52. The second-order valence-corrected chi connectivity index (χ2v) is 3.86. The van der Waals surface area contributed by atoms with Crippen LogP contribution in [-0.2, 0) is 6.42 Å². The molecule has 0 heterocycles. The molecule has 0 amide bonds. The number of hydrogen-bond acceptors (Lipinski definition) is 1. The molecule has 1 nitrogen and oxygen atoms in total. The molecule has 0 aliphatic heterocycles. The number of hydrogen-bond donors (Lipinski definition) is 1. The highest BCUT2D eigenvalue weighted by Crippen LogP contribution is 2.18. The molecule has 1 rings (SSSR count). The Balaban J connectivity index is 2.81. The van der Waals surface area contributed by atoms with Gasteiger partial charge in [0.15, 0.2) is 0 Å². The van der Waals surface area contributed by atoms with E-state index in [1.807, 2.05) is 13.1 Å². The molecule has 1 atom stereocenters. The molecule has 0 aliphatic rings. The van der Waals surface area contributed by atoms with Crippen molar-refractivity contribution >= 4 is 0 Å². The molecule has 1 aromatic carbocycles. The molecule has 82 valence electrons. The average Bonchev–Trinajstić information content (AvgIpc) is 2.27. The average molecular weight is 203 g/mol. The molecular formula is C14H21N. The minimum absolute atomic E-state index is 0.402. The highest BCUT2D eigenvalue weighted by atomic mass is 14.9. The predicted octanol–water partition coefficient (Wildman–Crippen LogP) is 3.48. The number of benzene rings is 1. The second-order valence-electron chi connectivity index (χ2n) is 3.86. The summed E-state index contributed by atoms with van der Waals surface area (Å²) >= 11 is 0. The molecule has 0 saturated heterocycles. The van der Waals surface area contributed by atoms with Crippen molar-refractivity contribution in [3.05, 3.63) is 48.0 Å². The lowest BCUT2D eigenvalue weighted by molar-refractivity contribution is 0.603. The Morgan fingerprint density at radius 2 is 2.27 bits per heavy atom. The van der Waals surface area contributed by atoms with E-state index in [1.54, 1.807) is 0 Å². The van der Waals surface area contributed by atoms with E-state index in [-0.39, 0.29) is 0 Å². The van der Waals surface area contributed by atoms with Crippen LogP contribution in [0, 0.1) is 0 Å². The van der Waals surface area contributed by atoms with Gasteiger partial charge in [0, 0.05) is 6.04 Å². The first-order valence-electron chi connectivity index (χ1n) is 5.68. The van der Waals surface area contributed by atoms with E-state index in [9.17, 15) is 0 Å². The van der Waals surface area contributed by atoms with Crippen molar-refractivity contribution in [1.29, 1.82) is 0 Å². The smallest absolute Gasteiger partial charge is 0.0352 e. The maximum absolute atomic E-state index is 3.79. The minimum Gasteiger partial charge on any atom is -0.313 e. The first-order chi connectivity index (χ1) is 7.31. The van der Waals surface area contributed by atoms with Crippen LogP contribution in [0.2, 0.25) is 0 Å². The Bertz CT molecular complexity index is 304. The van der Waals surface area contributed by atoms with Crippen LogP contribution in [0.25, 0.3) is 0 Å². The summed E-state index contributed by atoms with van der Waals surface area (Å²) in [6.45, 7) is 6.01. The molecular weight excluding hydrogens is 182 g/mol. The monoisotopic (exact) mass is 203 g/mol. The zero-order chi connectivity index (χ0) is 11.1. The van der Waals surface area contributed by atoms with Gasteiger partial charge >= 0.3 is 0 Å². The molecule has 0 saturated carbocycles. The normalized spacial score (nSPS) is 12.4. The molecule has 0 fully saturated rings. The van der Waals surface area contributed by atoms with Gasteiger partial charge in [0.25, 0.3) is 0 Å². The summed E-state index contributed by atoms with van der Waals surface area (Å²) in [5, 5.41) is 3.32. The van der Waals surface area contributed by atoms with Crippen molar-refractivity contribution in [2.45, 2.75) is 32.2 Å². The summed E-state index contributed by atoms with van der Waals surface area (Å²) in [6.07, 6.45) is 5.31. The molecule has 1 unspecified atom stereocenters. The van der Waals surface area contributed by atoms with Crippen molar-refractivity contribution in [1.82, 2.24) is 5.32 Å². The van der Waals surface area contributed by atoms with Gasteiger partial charge in [-0.05, 0) is 31.0 Å². The molecule has 1 N–H and O–H groups in total. The van der Waals surface area contributed by atoms with E-state index in [4.69, 9.17) is 0 Å². The van der Waals surface area contributed by atoms with Gasteiger partial charge in [-0.2, -0.15) is 0 Å². The maximum atomic E-state index is 3.79. The zero-order valence-electron chi connectivity index (χ0n) is 9.79. The van der Waals surface area contributed by atoms with Gasteiger partial charge in [0.05, 0.1) is 0 Å². The van der Waals surface area contributed by atoms with Gasteiger partial charge in [-0.15, -0.1) is 6.58 Å². The molecule has 0 aromatic heterocycles. The zero-order valence-corrected chi connectivity index (χ0v) is 9.79. The Morgan fingerprint density at radius 3 is 2.87 bits per heavy atom. The highest BCUT2D eigenvalue weighted by molar-refractivity contribution is 5.26. The largest absolute Gasteiger partial charge is 0.313 e. The lowest BCUT2D eigenvalue weighted by atomic mass is 10.00. The maximum Gasteiger partial charge on any atom is 0.0352 e. The standard InChI is InChI=1S/C14H21N/c1-4-7-12-9-6-10-13(11-12)14(15-3)8-5-2/h5-6,9-11,14-15H,2,4,7-8H2,1,3H3. The van der Waals surface area contributed by atoms with Crippen molar-refractivity contribution in [3.63, 3.8) is 0 Å². The summed E-state index contributed by atoms with van der Waals surface area (Å²) in [5.41, 5.74) is 2.79. The van der Waals surface area contributed by atoms with Crippen LogP contribution >= 0.6 is 0 Å². The third-order valence-corrected chi connectivity index (χ3v) is 2.64. The summed E-state index contributed by atoms with van der Waals surface area (Å²) in [7, 11) is 2.00. The Morgan fingerprint density at radius 1 is 1.47 bits per heavy atom. The lowest BCUT2D eigenvalue weighted by Crippen LogP contribution is -2.15. The molecule has 0 radical (unpaired) electrons. The van der Waals surface area contributed by atoms with Crippen LogP contribution < -0.4 is 5.32 Å². The third-order valence-electron chi connectivity index (χ3n) is 2.64. The Labute approximate surface area is 93.2 Å². The number of rotatable bonds is 6. The van der Waals surface area contributed by atoms with Gasteiger partial charge in [0.1, 0.15) is 0 Å². The Hall–Kier alpha value is -1.08. The lowest BCUT2D eigenvalue weighted by Gasteiger charge is -2.15. The van der Waals surface area contributed by atoms with E-state index in [0.717, 1.165) is 6.42 Å². The quantitative estimate of drug-likeness (QED) is 0.698. The molecule has 15 heavy (non-hydrogen) atoms. The van der Waals surface area contributed by atoms with Crippen LogP contribution in [0.1, 0.15) is 36.9 Å². The van der Waals surface area contributed by atoms with Crippen LogP contribution in [0.15, 0.2) is 36.9 Å². The van der Waals surface area contributed by atoms with Crippen LogP contribution in [0.4, 0.5) is 0 Å². The second kappa shape index (κ2) is 6.41. The van der Waals surface area contributed by atoms with Crippen LogP contribution in [0.3, 0.4) is 0 Å². The van der Waals surface area contributed by atoms with E-state index in [1.165, 1.54) is 24.0 Å². The fourth-order valence-electron chi connectivity index (χ4n) is 1.84. The van der Waals surface area contributed by atoms with E-state index in [2.05, 4.69) is 43.1 Å². The topological polar surface area (TPSA) is 12.0 Å². The first-order valence-corrected chi connectivity index (χ1v) is 5.68. The van der Waals surface area contributed by atoms with Crippen molar-refractivity contribution < 1.29 is 0 Å². The van der Waals surface area contributed by atoms with E-state index < -0.39 is 0 Å². The van der Waals surface area contributed by atoms with Crippen LogP contribution in [0.5, 0.6) is 0 Å².